The van der Waals surface area contributed by atoms with E-state index < -0.39 is 5.97 Å². The van der Waals surface area contributed by atoms with Gasteiger partial charge in [-0.25, -0.2) is 4.79 Å². The fourth-order valence-corrected chi connectivity index (χ4v) is 4.06. The molecule has 5 heteroatoms. The van der Waals surface area contributed by atoms with Gasteiger partial charge in [-0.15, -0.1) is 0 Å². The number of anilines is 1. The van der Waals surface area contributed by atoms with E-state index in [-0.39, 0.29) is 11.5 Å². The molecule has 2 N–H and O–H groups in total. The third-order valence-electron chi connectivity index (χ3n) is 5.73. The summed E-state index contributed by atoms with van der Waals surface area (Å²) < 4.78 is 0. The summed E-state index contributed by atoms with van der Waals surface area (Å²) in [6.07, 6.45) is 3.90. The molecule has 3 aromatic rings. The summed E-state index contributed by atoms with van der Waals surface area (Å²) in [4.78, 5) is 26.7. The number of hydrogen-bond donors (Lipinski definition) is 2. The van der Waals surface area contributed by atoms with Crippen molar-refractivity contribution in [2.45, 2.75) is 26.3 Å². The number of rotatable bonds is 6. The van der Waals surface area contributed by atoms with Crippen molar-refractivity contribution in [1.82, 2.24) is 4.90 Å². The van der Waals surface area contributed by atoms with Gasteiger partial charge in [0, 0.05) is 12.6 Å². The molecule has 4 rings (SSSR count). The number of carbonyl (C=O) groups is 2. The number of fused-ring (bicyclic) bond motifs is 1. The van der Waals surface area contributed by atoms with E-state index in [0.717, 1.165) is 47.1 Å². The molecule has 0 unspecified atom stereocenters. The number of carboxylic acid groups (broad SMARTS) is 1. The second kappa shape index (κ2) is 9.14. The number of hydrogen-bond acceptors (Lipinski definition) is 3. The summed E-state index contributed by atoms with van der Waals surface area (Å²) in [5, 5.41) is 14.6. The van der Waals surface area contributed by atoms with Crippen LogP contribution < -0.4 is 5.32 Å². The first-order valence-corrected chi connectivity index (χ1v) is 10.6. The SMILES string of the molecule is C/C(=C/C(=O)Nc1cc(CN2CCCC2)ccc1C(=O)O)c1ccc2ccccc2c1. The summed E-state index contributed by atoms with van der Waals surface area (Å²) in [5.74, 6) is -1.40. The Balaban J connectivity index is 1.54. The molecule has 0 radical (unpaired) electrons. The molecular formula is C26H26N2O3. The number of nitrogens with zero attached hydrogens (tertiary/aromatic N) is 1. The zero-order valence-electron chi connectivity index (χ0n) is 17.6. The van der Waals surface area contributed by atoms with E-state index >= 15 is 0 Å². The van der Waals surface area contributed by atoms with Crippen LogP contribution in [-0.4, -0.2) is 35.0 Å². The average Bonchev–Trinajstić information content (AvgIpc) is 3.26. The number of benzene rings is 3. The number of amides is 1. The Morgan fingerprint density at radius 2 is 1.74 bits per heavy atom. The molecule has 3 aromatic carbocycles. The fraction of sp³-hybridized carbons (Fsp3) is 0.231. The van der Waals surface area contributed by atoms with Crippen LogP contribution in [0.4, 0.5) is 5.69 Å². The van der Waals surface area contributed by atoms with Gasteiger partial charge in [0.15, 0.2) is 0 Å². The summed E-state index contributed by atoms with van der Waals surface area (Å²) >= 11 is 0. The first kappa shape index (κ1) is 20.8. The van der Waals surface area contributed by atoms with Gasteiger partial charge in [0.1, 0.15) is 0 Å². The molecule has 1 aliphatic heterocycles. The Kier molecular flexibility index (Phi) is 6.14. The second-order valence-electron chi connectivity index (χ2n) is 8.05. The zero-order chi connectivity index (χ0) is 21.8. The van der Waals surface area contributed by atoms with Crippen molar-refractivity contribution in [3.8, 4) is 0 Å². The highest BCUT2D eigenvalue weighted by molar-refractivity contribution is 6.07. The second-order valence-corrected chi connectivity index (χ2v) is 8.05. The average molecular weight is 415 g/mol. The highest BCUT2D eigenvalue weighted by Gasteiger charge is 2.16. The molecular weight excluding hydrogens is 388 g/mol. The third kappa shape index (κ3) is 5.01. The predicted molar refractivity (Wildman–Crippen MR) is 124 cm³/mol. The maximum absolute atomic E-state index is 12.7. The van der Waals surface area contributed by atoms with Crippen molar-refractivity contribution in [1.29, 1.82) is 0 Å². The van der Waals surface area contributed by atoms with Gasteiger partial charge in [0.2, 0.25) is 5.91 Å². The molecule has 0 spiro atoms. The van der Waals surface area contributed by atoms with Crippen molar-refractivity contribution < 1.29 is 14.7 Å². The molecule has 1 heterocycles. The van der Waals surface area contributed by atoms with Crippen molar-refractivity contribution in [3.05, 3.63) is 83.4 Å². The molecule has 1 saturated heterocycles. The monoisotopic (exact) mass is 414 g/mol. The van der Waals surface area contributed by atoms with Gasteiger partial charge in [0.25, 0.3) is 0 Å². The molecule has 0 saturated carbocycles. The lowest BCUT2D eigenvalue weighted by Gasteiger charge is -2.16. The summed E-state index contributed by atoms with van der Waals surface area (Å²) in [6, 6.07) is 19.3. The van der Waals surface area contributed by atoms with Crippen LogP contribution in [-0.2, 0) is 11.3 Å². The number of carbonyl (C=O) groups excluding carboxylic acids is 1. The Bertz CT molecular complexity index is 1160. The molecule has 31 heavy (non-hydrogen) atoms. The number of carboxylic acids is 1. The van der Waals surface area contributed by atoms with E-state index in [1.165, 1.54) is 18.9 Å². The van der Waals surface area contributed by atoms with E-state index in [2.05, 4.69) is 10.2 Å². The van der Waals surface area contributed by atoms with Crippen LogP contribution in [0.2, 0.25) is 0 Å². The van der Waals surface area contributed by atoms with Gasteiger partial charge in [0.05, 0.1) is 11.3 Å². The molecule has 0 aromatic heterocycles. The summed E-state index contributed by atoms with van der Waals surface area (Å²) in [6.45, 7) is 4.74. The Hall–Kier alpha value is -3.44. The maximum Gasteiger partial charge on any atom is 0.337 e. The van der Waals surface area contributed by atoms with E-state index in [0.29, 0.717) is 5.69 Å². The molecule has 0 bridgehead atoms. The van der Waals surface area contributed by atoms with Crippen molar-refractivity contribution in [3.63, 3.8) is 0 Å². The van der Waals surface area contributed by atoms with Crippen LogP contribution in [0, 0.1) is 0 Å². The van der Waals surface area contributed by atoms with E-state index in [9.17, 15) is 14.7 Å². The van der Waals surface area contributed by atoms with Crippen LogP contribution >= 0.6 is 0 Å². The number of aromatic carboxylic acids is 1. The van der Waals surface area contributed by atoms with Gasteiger partial charge in [-0.1, -0.05) is 42.5 Å². The van der Waals surface area contributed by atoms with Gasteiger partial charge < -0.3 is 10.4 Å². The molecule has 1 fully saturated rings. The summed E-state index contributed by atoms with van der Waals surface area (Å²) in [7, 11) is 0. The van der Waals surface area contributed by atoms with Crippen LogP contribution in [0.15, 0.2) is 66.7 Å². The van der Waals surface area contributed by atoms with E-state index in [1.807, 2.05) is 55.5 Å². The minimum atomic E-state index is -1.06. The minimum absolute atomic E-state index is 0.0929. The lowest BCUT2D eigenvalue weighted by molar-refractivity contribution is -0.111. The highest BCUT2D eigenvalue weighted by atomic mass is 16.4. The van der Waals surface area contributed by atoms with Crippen LogP contribution in [0.3, 0.4) is 0 Å². The maximum atomic E-state index is 12.7. The quantitative estimate of drug-likeness (QED) is 0.546. The summed E-state index contributed by atoms with van der Waals surface area (Å²) in [5.41, 5.74) is 3.19. The molecule has 0 atom stereocenters. The molecule has 1 aliphatic rings. The zero-order valence-corrected chi connectivity index (χ0v) is 17.6. The lowest BCUT2D eigenvalue weighted by Crippen LogP contribution is -2.19. The lowest BCUT2D eigenvalue weighted by atomic mass is 10.0. The number of allylic oxidation sites excluding steroid dienone is 1. The predicted octanol–water partition coefficient (Wildman–Crippen LogP) is 5.18. The van der Waals surface area contributed by atoms with Crippen LogP contribution in [0.5, 0.6) is 0 Å². The molecule has 5 nitrogen and oxygen atoms in total. The van der Waals surface area contributed by atoms with Gasteiger partial charge in [-0.05, 0) is 78.5 Å². The first-order chi connectivity index (χ1) is 15.0. The topological polar surface area (TPSA) is 69.6 Å². The van der Waals surface area contributed by atoms with Crippen molar-refractivity contribution in [2.24, 2.45) is 0 Å². The highest BCUT2D eigenvalue weighted by Crippen LogP contribution is 2.23. The van der Waals surface area contributed by atoms with Gasteiger partial charge in [-0.3, -0.25) is 9.69 Å². The third-order valence-corrected chi connectivity index (χ3v) is 5.73. The normalized spacial score (nSPS) is 14.7. The first-order valence-electron chi connectivity index (χ1n) is 10.6. The van der Waals surface area contributed by atoms with E-state index in [4.69, 9.17) is 0 Å². The van der Waals surface area contributed by atoms with E-state index in [1.54, 1.807) is 12.1 Å². The molecule has 1 amide bonds. The smallest absolute Gasteiger partial charge is 0.337 e. The minimum Gasteiger partial charge on any atom is -0.478 e. The van der Waals surface area contributed by atoms with Crippen molar-refractivity contribution >= 4 is 33.9 Å². The fourth-order valence-electron chi connectivity index (χ4n) is 4.06. The number of nitrogens with one attached hydrogen (secondary N) is 1. The standard InChI is InChI=1S/C26H26N2O3/c1-18(21-10-9-20-6-2-3-7-22(20)16-21)14-25(29)27-24-15-19(8-11-23(24)26(30)31)17-28-12-4-5-13-28/h2-3,6-11,14-16H,4-5,12-13,17H2,1H3,(H,27,29)(H,30,31)/b18-14-. The molecule has 158 valence electrons. The van der Waals surface area contributed by atoms with Crippen molar-refractivity contribution in [2.75, 3.05) is 18.4 Å². The molecule has 0 aliphatic carbocycles. The van der Waals surface area contributed by atoms with Gasteiger partial charge in [-0.2, -0.15) is 0 Å². The Morgan fingerprint density at radius 3 is 2.48 bits per heavy atom. The van der Waals surface area contributed by atoms with Gasteiger partial charge >= 0.3 is 5.97 Å². The van der Waals surface area contributed by atoms with Crippen LogP contribution in [0.25, 0.3) is 16.3 Å². The number of likely N-dealkylation sites (tertiary alicyclic amines) is 1. The Morgan fingerprint density at radius 1 is 1.00 bits per heavy atom. The van der Waals surface area contributed by atoms with Crippen LogP contribution in [0.1, 0.15) is 41.3 Å². The largest absolute Gasteiger partial charge is 0.478 e. The Labute approximate surface area is 182 Å².